The van der Waals surface area contributed by atoms with E-state index in [0.717, 1.165) is 24.1 Å². The highest BCUT2D eigenvalue weighted by Crippen LogP contribution is 2.30. The number of benzene rings is 1. The van der Waals surface area contributed by atoms with E-state index >= 15 is 0 Å². The molecule has 1 aromatic rings. The van der Waals surface area contributed by atoms with E-state index in [4.69, 9.17) is 28.9 Å². The van der Waals surface area contributed by atoms with Crippen molar-refractivity contribution in [3.8, 4) is 0 Å². The Kier molecular flexibility index (Phi) is 3.69. The van der Waals surface area contributed by atoms with Crippen molar-refractivity contribution in [3.05, 3.63) is 33.8 Å². The fourth-order valence-corrected chi connectivity index (χ4v) is 2.30. The quantitative estimate of drug-likeness (QED) is 0.878. The summed E-state index contributed by atoms with van der Waals surface area (Å²) >= 11 is 12.2. The first-order valence-corrected chi connectivity index (χ1v) is 6.23. The molecule has 0 spiro atoms. The molecular weight excluding hydrogens is 257 g/mol. The monoisotopic (exact) mass is 269 g/mol. The number of nitrogens with two attached hydrogens (primary N) is 1. The Morgan fingerprint density at radius 2 is 2.12 bits per heavy atom. The molecule has 1 heterocycles. The van der Waals surface area contributed by atoms with Gasteiger partial charge >= 0.3 is 0 Å². The van der Waals surface area contributed by atoms with Crippen molar-refractivity contribution in [2.45, 2.75) is 19.8 Å². The fourth-order valence-electron chi connectivity index (χ4n) is 1.90. The number of halogens is 2. The van der Waals surface area contributed by atoms with Gasteiger partial charge in [0.05, 0.1) is 15.8 Å². The summed E-state index contributed by atoms with van der Waals surface area (Å²) in [6.07, 6.45) is 1.66. The molecule has 0 fully saturated rings. The van der Waals surface area contributed by atoms with Crippen LogP contribution in [0.5, 0.6) is 0 Å². The van der Waals surface area contributed by atoms with E-state index in [-0.39, 0.29) is 5.92 Å². The highest BCUT2D eigenvalue weighted by molar-refractivity contribution is 6.44. The molecule has 0 saturated carbocycles. The summed E-state index contributed by atoms with van der Waals surface area (Å²) in [7, 11) is 0. The minimum atomic E-state index is 0.253. The van der Waals surface area contributed by atoms with Crippen LogP contribution in [-0.2, 0) is 0 Å². The van der Waals surface area contributed by atoms with Crippen LogP contribution >= 0.6 is 23.2 Å². The predicted molar refractivity (Wildman–Crippen MR) is 73.0 cm³/mol. The van der Waals surface area contributed by atoms with E-state index in [0.29, 0.717) is 15.9 Å². The number of rotatable bonds is 2. The first kappa shape index (κ1) is 12.4. The summed E-state index contributed by atoms with van der Waals surface area (Å²) in [6.45, 7) is 2.09. The second kappa shape index (κ2) is 5.07. The van der Waals surface area contributed by atoms with Gasteiger partial charge in [0.25, 0.3) is 0 Å². The molecule has 2 rings (SSSR count). The topological polar surface area (TPSA) is 50.7 Å². The molecule has 1 aliphatic rings. The lowest BCUT2D eigenvalue weighted by Crippen LogP contribution is -2.27. The molecule has 1 aromatic carbocycles. The van der Waals surface area contributed by atoms with Crippen molar-refractivity contribution >= 4 is 34.7 Å². The Morgan fingerprint density at radius 3 is 2.82 bits per heavy atom. The van der Waals surface area contributed by atoms with Gasteiger partial charge < -0.3 is 5.73 Å². The van der Waals surface area contributed by atoms with Crippen LogP contribution in [0.4, 0.5) is 0 Å². The zero-order valence-electron chi connectivity index (χ0n) is 9.45. The highest BCUT2D eigenvalue weighted by Gasteiger charge is 2.23. The van der Waals surface area contributed by atoms with Gasteiger partial charge in [0.15, 0.2) is 0 Å². The Hall–Kier alpha value is -1.06. The van der Waals surface area contributed by atoms with E-state index in [1.54, 1.807) is 6.07 Å². The minimum absolute atomic E-state index is 0.253. The molecule has 0 aliphatic carbocycles. The van der Waals surface area contributed by atoms with Crippen molar-refractivity contribution in [1.29, 1.82) is 0 Å². The number of amidine groups is 1. The predicted octanol–water partition coefficient (Wildman–Crippen LogP) is 3.48. The van der Waals surface area contributed by atoms with E-state index in [2.05, 4.69) is 17.1 Å². The smallest absolute Gasteiger partial charge is 0.123 e. The molecule has 1 atom stereocenters. The molecule has 0 bridgehead atoms. The average Bonchev–Trinajstić information content (AvgIpc) is 2.33. The maximum atomic E-state index is 6.19. The van der Waals surface area contributed by atoms with Crippen LogP contribution in [0, 0.1) is 5.92 Å². The average molecular weight is 270 g/mol. The zero-order chi connectivity index (χ0) is 12.4. The molecule has 0 saturated heterocycles. The summed E-state index contributed by atoms with van der Waals surface area (Å²) in [5.74, 6) is 0.821. The van der Waals surface area contributed by atoms with Crippen LogP contribution in [0.25, 0.3) is 0 Å². The number of nitrogens with zero attached hydrogens (tertiary/aromatic N) is 2. The van der Waals surface area contributed by atoms with Crippen molar-refractivity contribution in [2.24, 2.45) is 21.9 Å². The van der Waals surface area contributed by atoms with E-state index in [1.807, 2.05) is 12.1 Å². The first-order valence-electron chi connectivity index (χ1n) is 5.47. The Morgan fingerprint density at radius 1 is 1.35 bits per heavy atom. The molecule has 1 unspecified atom stereocenters. The number of hydrogen-bond acceptors (Lipinski definition) is 3. The van der Waals surface area contributed by atoms with Crippen molar-refractivity contribution in [3.63, 3.8) is 0 Å². The summed E-state index contributed by atoms with van der Waals surface area (Å²) in [5, 5.41) is 9.17. The Balaban J connectivity index is 2.48. The van der Waals surface area contributed by atoms with Gasteiger partial charge in [-0.25, -0.2) is 0 Å². The largest absolute Gasteiger partial charge is 0.386 e. The van der Waals surface area contributed by atoms with Crippen molar-refractivity contribution in [1.82, 2.24) is 0 Å². The van der Waals surface area contributed by atoms with Gasteiger partial charge in [-0.2, -0.15) is 5.10 Å². The minimum Gasteiger partial charge on any atom is -0.386 e. The fraction of sp³-hybridized carbons (Fsp3) is 0.333. The van der Waals surface area contributed by atoms with Crippen LogP contribution in [0.1, 0.15) is 25.3 Å². The molecule has 17 heavy (non-hydrogen) atoms. The van der Waals surface area contributed by atoms with Gasteiger partial charge in [0, 0.05) is 17.9 Å². The van der Waals surface area contributed by atoms with Crippen LogP contribution in [0.2, 0.25) is 10.0 Å². The molecule has 1 aliphatic heterocycles. The molecule has 2 N–H and O–H groups in total. The summed E-state index contributed by atoms with van der Waals surface area (Å²) in [5.41, 5.74) is 7.41. The molecular formula is C12H13Cl2N3. The molecule has 3 nitrogen and oxygen atoms in total. The second-order valence-corrected chi connectivity index (χ2v) is 4.77. The first-order chi connectivity index (χ1) is 8.13. The van der Waals surface area contributed by atoms with Crippen molar-refractivity contribution in [2.75, 3.05) is 0 Å². The summed E-state index contributed by atoms with van der Waals surface area (Å²) < 4.78 is 0. The lowest BCUT2D eigenvalue weighted by molar-refractivity contribution is 0.677. The molecule has 5 heteroatoms. The van der Waals surface area contributed by atoms with Crippen LogP contribution < -0.4 is 5.73 Å². The van der Waals surface area contributed by atoms with Crippen LogP contribution in [0.3, 0.4) is 0 Å². The van der Waals surface area contributed by atoms with Gasteiger partial charge in [-0.15, -0.1) is 5.10 Å². The van der Waals surface area contributed by atoms with Gasteiger partial charge in [0.1, 0.15) is 5.84 Å². The normalized spacial score (nSPS) is 19.8. The third-order valence-electron chi connectivity index (χ3n) is 2.85. The van der Waals surface area contributed by atoms with Gasteiger partial charge in [-0.1, -0.05) is 42.3 Å². The third kappa shape index (κ3) is 2.45. The lowest BCUT2D eigenvalue weighted by atomic mass is 9.90. The summed E-state index contributed by atoms with van der Waals surface area (Å²) in [6, 6.07) is 5.53. The molecule has 0 amide bonds. The molecule has 90 valence electrons. The van der Waals surface area contributed by atoms with Gasteiger partial charge in [-0.05, 0) is 12.5 Å². The maximum absolute atomic E-state index is 6.19. The lowest BCUT2D eigenvalue weighted by Gasteiger charge is -2.20. The van der Waals surface area contributed by atoms with Crippen molar-refractivity contribution < 1.29 is 0 Å². The van der Waals surface area contributed by atoms with E-state index in [9.17, 15) is 0 Å². The van der Waals surface area contributed by atoms with Crippen LogP contribution in [0.15, 0.2) is 28.4 Å². The van der Waals surface area contributed by atoms with E-state index < -0.39 is 0 Å². The zero-order valence-corrected chi connectivity index (χ0v) is 11.0. The van der Waals surface area contributed by atoms with Gasteiger partial charge in [-0.3, -0.25) is 0 Å². The maximum Gasteiger partial charge on any atom is 0.123 e. The molecule has 0 radical (unpaired) electrons. The Bertz CT molecular complexity index is 495. The summed E-state index contributed by atoms with van der Waals surface area (Å²) in [4.78, 5) is 0. The van der Waals surface area contributed by atoms with Crippen LogP contribution in [-0.4, -0.2) is 11.5 Å². The molecule has 0 aromatic heterocycles. The Labute approximate surface area is 110 Å². The SMILES string of the molecule is CCC1CC(N)=NN=C1c1cccc(Cl)c1Cl. The number of hydrogen-bond donors (Lipinski definition) is 1. The highest BCUT2D eigenvalue weighted by atomic mass is 35.5. The second-order valence-electron chi connectivity index (χ2n) is 3.99. The van der Waals surface area contributed by atoms with Gasteiger partial charge in [0.2, 0.25) is 0 Å². The standard InChI is InChI=1S/C12H13Cl2N3/c1-2-7-6-10(15)16-17-12(7)8-4-3-5-9(13)11(8)14/h3-5,7H,2,6H2,1H3,(H2,15,16). The third-order valence-corrected chi connectivity index (χ3v) is 3.67. The van der Waals surface area contributed by atoms with E-state index in [1.165, 1.54) is 0 Å².